The maximum absolute atomic E-state index is 12.8. The van der Waals surface area contributed by atoms with Crippen LogP contribution in [0.3, 0.4) is 0 Å². The molecule has 0 spiro atoms. The van der Waals surface area contributed by atoms with Gasteiger partial charge in [-0.15, -0.1) is 11.3 Å². The Morgan fingerprint density at radius 3 is 2.68 bits per heavy atom. The molecule has 1 unspecified atom stereocenters. The number of hydrogen-bond donors (Lipinski definition) is 1. The minimum absolute atomic E-state index is 0.00793. The van der Waals surface area contributed by atoms with Gasteiger partial charge in [0.05, 0.1) is 11.0 Å². The summed E-state index contributed by atoms with van der Waals surface area (Å²) in [6, 6.07) is -0.158. The summed E-state index contributed by atoms with van der Waals surface area (Å²) >= 11 is 1.74. The molecule has 1 aromatic rings. The average Bonchev–Trinajstić information content (AvgIpc) is 2.90. The molecule has 2 aliphatic heterocycles. The van der Waals surface area contributed by atoms with Crippen LogP contribution in [0.15, 0.2) is 6.20 Å². The minimum atomic E-state index is -0.932. The highest BCUT2D eigenvalue weighted by Crippen LogP contribution is 2.20. The number of aromatic nitrogens is 1. The number of carboxylic acid groups (broad SMARTS) is 1. The molecule has 8 heteroatoms. The summed E-state index contributed by atoms with van der Waals surface area (Å²) in [5, 5.41) is 10.1. The van der Waals surface area contributed by atoms with Gasteiger partial charge in [0.2, 0.25) is 5.91 Å². The second kappa shape index (κ2) is 8.25. The highest BCUT2D eigenvalue weighted by Gasteiger charge is 2.34. The summed E-state index contributed by atoms with van der Waals surface area (Å²) in [6.45, 7) is 6.89. The quantitative estimate of drug-likeness (QED) is 0.839. The van der Waals surface area contributed by atoms with Gasteiger partial charge in [-0.1, -0.05) is 0 Å². The van der Waals surface area contributed by atoms with Crippen molar-refractivity contribution in [1.29, 1.82) is 0 Å². The summed E-state index contributed by atoms with van der Waals surface area (Å²) in [5.41, 5.74) is 0. The summed E-state index contributed by atoms with van der Waals surface area (Å²) in [7, 11) is 0. The molecule has 1 aromatic heterocycles. The van der Waals surface area contributed by atoms with Crippen molar-refractivity contribution in [1.82, 2.24) is 19.7 Å². The minimum Gasteiger partial charge on any atom is -0.480 e. The van der Waals surface area contributed by atoms with E-state index in [0.29, 0.717) is 6.54 Å². The first-order valence-electron chi connectivity index (χ1n) is 8.91. The number of aliphatic carboxylic acids is 1. The topological polar surface area (TPSA) is 77.0 Å². The lowest BCUT2D eigenvalue weighted by atomic mass is 10.1. The smallest absolute Gasteiger partial charge is 0.323 e. The van der Waals surface area contributed by atoms with E-state index in [4.69, 9.17) is 5.11 Å². The molecule has 138 valence electrons. The monoisotopic (exact) mass is 366 g/mol. The fourth-order valence-electron chi connectivity index (χ4n) is 3.68. The van der Waals surface area contributed by atoms with Crippen molar-refractivity contribution in [3.8, 4) is 0 Å². The zero-order valence-corrected chi connectivity index (χ0v) is 15.5. The molecule has 1 N–H and O–H groups in total. The Balaban J connectivity index is 1.55. The Morgan fingerprint density at radius 2 is 2.04 bits per heavy atom. The van der Waals surface area contributed by atoms with Crippen LogP contribution < -0.4 is 0 Å². The van der Waals surface area contributed by atoms with E-state index in [1.807, 2.05) is 13.1 Å². The van der Waals surface area contributed by atoms with E-state index in [2.05, 4.69) is 14.8 Å². The van der Waals surface area contributed by atoms with E-state index in [9.17, 15) is 9.59 Å². The Kier molecular flexibility index (Phi) is 6.03. The van der Waals surface area contributed by atoms with Gasteiger partial charge in [0, 0.05) is 50.3 Å². The number of thiazole rings is 1. The number of carboxylic acids is 1. The molecular weight excluding hydrogens is 340 g/mol. The van der Waals surface area contributed by atoms with E-state index in [1.54, 1.807) is 11.3 Å². The number of aryl methyl sites for hydroxylation is 1. The molecule has 0 radical (unpaired) electrons. The predicted octanol–water partition coefficient (Wildman–Crippen LogP) is 1.03. The third-order valence-electron chi connectivity index (χ3n) is 4.97. The van der Waals surface area contributed by atoms with Gasteiger partial charge in [-0.3, -0.25) is 19.4 Å². The molecule has 2 saturated heterocycles. The van der Waals surface area contributed by atoms with Crippen molar-refractivity contribution in [2.45, 2.75) is 38.8 Å². The molecule has 25 heavy (non-hydrogen) atoms. The first-order chi connectivity index (χ1) is 12.0. The first kappa shape index (κ1) is 18.3. The lowest BCUT2D eigenvalue weighted by Gasteiger charge is -2.39. The molecule has 2 aliphatic rings. The largest absolute Gasteiger partial charge is 0.480 e. The van der Waals surface area contributed by atoms with Gasteiger partial charge < -0.3 is 10.0 Å². The lowest BCUT2D eigenvalue weighted by Crippen LogP contribution is -2.55. The van der Waals surface area contributed by atoms with Gasteiger partial charge in [0.1, 0.15) is 6.54 Å². The van der Waals surface area contributed by atoms with Gasteiger partial charge in [-0.25, -0.2) is 4.98 Å². The van der Waals surface area contributed by atoms with E-state index in [0.717, 1.165) is 57.0 Å². The number of carbonyl (C=O) groups excluding carboxylic acids is 1. The molecule has 0 aliphatic carbocycles. The zero-order valence-electron chi connectivity index (χ0n) is 14.7. The van der Waals surface area contributed by atoms with Gasteiger partial charge >= 0.3 is 5.97 Å². The van der Waals surface area contributed by atoms with Crippen molar-refractivity contribution >= 4 is 23.2 Å². The lowest BCUT2D eigenvalue weighted by molar-refractivity contribution is -0.146. The van der Waals surface area contributed by atoms with Crippen LogP contribution in [-0.2, 0) is 16.1 Å². The van der Waals surface area contributed by atoms with Crippen LogP contribution in [0.25, 0.3) is 0 Å². The first-order valence-corrected chi connectivity index (χ1v) is 9.73. The second-order valence-corrected chi connectivity index (χ2v) is 8.14. The normalized spacial score (nSPS) is 23.6. The van der Waals surface area contributed by atoms with E-state index < -0.39 is 5.97 Å². The molecule has 1 atom stereocenters. The standard InChI is InChI=1S/C17H26N4O3S/c1-13-18-10-14(25-13)11-19-6-8-20(9-7-19)15-4-2-3-5-21(17(15)24)12-16(22)23/h10,15H,2-9,11-12H2,1H3,(H,22,23). The van der Waals surface area contributed by atoms with Crippen LogP contribution in [-0.4, -0.2) is 82.0 Å². The van der Waals surface area contributed by atoms with Crippen molar-refractivity contribution in [2.75, 3.05) is 39.3 Å². The maximum Gasteiger partial charge on any atom is 0.323 e. The number of rotatable bonds is 5. The Labute approximate surface area is 152 Å². The van der Waals surface area contributed by atoms with Crippen LogP contribution in [0.5, 0.6) is 0 Å². The molecule has 0 saturated carbocycles. The third kappa shape index (κ3) is 4.77. The van der Waals surface area contributed by atoms with Crippen molar-refractivity contribution < 1.29 is 14.7 Å². The number of piperazine rings is 1. The number of nitrogens with zero attached hydrogens (tertiary/aromatic N) is 4. The fraction of sp³-hybridized carbons (Fsp3) is 0.706. The fourth-order valence-corrected chi connectivity index (χ4v) is 4.51. The highest BCUT2D eigenvalue weighted by atomic mass is 32.1. The van der Waals surface area contributed by atoms with Crippen LogP contribution in [0.2, 0.25) is 0 Å². The molecule has 0 bridgehead atoms. The van der Waals surface area contributed by atoms with E-state index >= 15 is 0 Å². The summed E-state index contributed by atoms with van der Waals surface area (Å²) in [4.78, 5) is 35.5. The molecular formula is C17H26N4O3S. The number of hydrogen-bond acceptors (Lipinski definition) is 6. The van der Waals surface area contributed by atoms with Crippen molar-refractivity contribution in [3.63, 3.8) is 0 Å². The van der Waals surface area contributed by atoms with Gasteiger partial charge in [-0.2, -0.15) is 0 Å². The Morgan fingerprint density at radius 1 is 1.28 bits per heavy atom. The van der Waals surface area contributed by atoms with Crippen LogP contribution in [0, 0.1) is 6.92 Å². The highest BCUT2D eigenvalue weighted by molar-refractivity contribution is 7.11. The third-order valence-corrected chi connectivity index (χ3v) is 5.87. The summed E-state index contributed by atoms with van der Waals surface area (Å²) in [5.74, 6) is -0.940. The van der Waals surface area contributed by atoms with Gasteiger partial charge in [-0.05, 0) is 26.2 Å². The van der Waals surface area contributed by atoms with Crippen LogP contribution in [0.4, 0.5) is 0 Å². The van der Waals surface area contributed by atoms with Crippen molar-refractivity contribution in [2.24, 2.45) is 0 Å². The Hall–Kier alpha value is -1.51. The molecule has 3 heterocycles. The summed E-state index contributed by atoms with van der Waals surface area (Å²) < 4.78 is 0. The molecule has 7 nitrogen and oxygen atoms in total. The van der Waals surface area contributed by atoms with Crippen LogP contribution in [0.1, 0.15) is 29.1 Å². The average molecular weight is 366 g/mol. The number of carbonyl (C=O) groups is 2. The van der Waals surface area contributed by atoms with E-state index in [-0.39, 0.29) is 18.5 Å². The Bertz CT molecular complexity index is 613. The molecule has 1 amide bonds. The maximum atomic E-state index is 12.8. The number of likely N-dealkylation sites (tertiary alicyclic amines) is 1. The molecule has 3 rings (SSSR count). The van der Waals surface area contributed by atoms with Crippen molar-refractivity contribution in [3.05, 3.63) is 16.1 Å². The van der Waals surface area contributed by atoms with Gasteiger partial charge in [0.25, 0.3) is 0 Å². The van der Waals surface area contributed by atoms with E-state index in [1.165, 1.54) is 9.78 Å². The zero-order chi connectivity index (χ0) is 17.8. The van der Waals surface area contributed by atoms with Gasteiger partial charge in [0.15, 0.2) is 0 Å². The van der Waals surface area contributed by atoms with Crippen LogP contribution >= 0.6 is 11.3 Å². The molecule has 0 aromatic carbocycles. The summed E-state index contributed by atoms with van der Waals surface area (Å²) in [6.07, 6.45) is 4.65. The SMILES string of the molecule is Cc1ncc(CN2CCN(C3CCCCN(CC(=O)O)C3=O)CC2)s1. The molecule has 2 fully saturated rings. The second-order valence-electron chi connectivity index (χ2n) is 6.82. The number of amides is 1. The predicted molar refractivity (Wildman–Crippen MR) is 95.6 cm³/mol.